The van der Waals surface area contributed by atoms with E-state index < -0.39 is 11.6 Å². The Hall–Kier alpha value is -2.65. The second kappa shape index (κ2) is 9.01. The predicted octanol–water partition coefficient (Wildman–Crippen LogP) is 4.32. The van der Waals surface area contributed by atoms with Crippen molar-refractivity contribution >= 4 is 34.5 Å². The van der Waals surface area contributed by atoms with Gasteiger partial charge in [0.2, 0.25) is 5.91 Å². The first kappa shape index (κ1) is 20.6. The highest BCUT2D eigenvalue weighted by atomic mass is 32.1. The molecule has 30 heavy (non-hydrogen) atoms. The Morgan fingerprint density at radius 1 is 1.13 bits per heavy atom. The van der Waals surface area contributed by atoms with Crippen LogP contribution in [0.15, 0.2) is 41.1 Å². The van der Waals surface area contributed by atoms with Crippen LogP contribution in [0.2, 0.25) is 0 Å². The molecule has 0 radical (unpaired) electrons. The van der Waals surface area contributed by atoms with Crippen LogP contribution >= 0.6 is 22.7 Å². The number of benzene rings is 1. The van der Waals surface area contributed by atoms with Crippen molar-refractivity contribution in [1.29, 1.82) is 0 Å². The fraction of sp³-hybridized carbons (Fsp3) is 0.286. The van der Waals surface area contributed by atoms with E-state index in [2.05, 4.69) is 10.3 Å². The molecule has 0 bridgehead atoms. The number of hydrogen-bond acceptors (Lipinski definition) is 5. The zero-order valence-electron chi connectivity index (χ0n) is 15.9. The fourth-order valence-electron chi connectivity index (χ4n) is 3.38. The van der Waals surface area contributed by atoms with Gasteiger partial charge in [-0.05, 0) is 42.5 Å². The number of nitrogens with one attached hydrogen (secondary N) is 1. The lowest BCUT2D eigenvalue weighted by Crippen LogP contribution is -2.43. The molecule has 1 N–H and O–H groups in total. The monoisotopic (exact) mass is 447 g/mol. The van der Waals surface area contributed by atoms with Crippen molar-refractivity contribution in [2.45, 2.75) is 19.4 Å². The summed E-state index contributed by atoms with van der Waals surface area (Å²) in [7, 11) is 0. The van der Waals surface area contributed by atoms with Crippen molar-refractivity contribution in [1.82, 2.24) is 15.2 Å². The second-order valence-electron chi connectivity index (χ2n) is 7.03. The summed E-state index contributed by atoms with van der Waals surface area (Å²) >= 11 is 3.18. The first-order chi connectivity index (χ1) is 14.5. The molecular weight excluding hydrogens is 428 g/mol. The molecule has 2 amide bonds. The number of aromatic nitrogens is 1. The topological polar surface area (TPSA) is 62.3 Å². The van der Waals surface area contributed by atoms with Gasteiger partial charge >= 0.3 is 0 Å². The van der Waals surface area contributed by atoms with Gasteiger partial charge in [0.15, 0.2) is 11.6 Å². The molecule has 2 aromatic heterocycles. The maximum Gasteiger partial charge on any atom is 0.253 e. The van der Waals surface area contributed by atoms with Crippen LogP contribution in [-0.4, -0.2) is 34.8 Å². The van der Waals surface area contributed by atoms with Gasteiger partial charge in [-0.25, -0.2) is 13.8 Å². The summed E-state index contributed by atoms with van der Waals surface area (Å²) in [5, 5.41) is 7.82. The molecule has 0 unspecified atom stereocenters. The quantitative estimate of drug-likeness (QED) is 0.634. The molecule has 4 rings (SSSR count). The first-order valence-electron chi connectivity index (χ1n) is 9.51. The lowest BCUT2D eigenvalue weighted by atomic mass is 9.95. The average molecular weight is 448 g/mol. The number of rotatable bonds is 5. The standard InChI is InChI=1S/C21H19F2N3O2S2/c22-16-4-3-14(10-17(16)23)21(28)26-7-5-13(6-8-26)19(27)24-11-15-12-30-20(25-15)18-2-1-9-29-18/h1-4,9-10,12-13H,5-8,11H2,(H,24,27). The van der Waals surface area contributed by atoms with Gasteiger partial charge in [-0.15, -0.1) is 22.7 Å². The summed E-state index contributed by atoms with van der Waals surface area (Å²) in [6.45, 7) is 1.17. The Morgan fingerprint density at radius 3 is 2.63 bits per heavy atom. The molecule has 3 aromatic rings. The third-order valence-corrected chi connectivity index (χ3v) is 6.98. The number of amides is 2. The van der Waals surface area contributed by atoms with E-state index in [0.717, 1.165) is 27.7 Å². The van der Waals surface area contributed by atoms with E-state index in [0.29, 0.717) is 32.5 Å². The van der Waals surface area contributed by atoms with Crippen molar-refractivity contribution in [3.05, 3.63) is 64.0 Å². The Morgan fingerprint density at radius 2 is 1.93 bits per heavy atom. The van der Waals surface area contributed by atoms with E-state index in [1.165, 1.54) is 6.07 Å². The highest BCUT2D eigenvalue weighted by Gasteiger charge is 2.28. The molecule has 156 valence electrons. The van der Waals surface area contributed by atoms with Gasteiger partial charge in [-0.2, -0.15) is 0 Å². The molecule has 1 aliphatic heterocycles. The molecule has 0 spiro atoms. The van der Waals surface area contributed by atoms with Crippen molar-refractivity contribution in [2.75, 3.05) is 13.1 Å². The summed E-state index contributed by atoms with van der Waals surface area (Å²) < 4.78 is 26.4. The van der Waals surface area contributed by atoms with E-state index in [1.807, 2.05) is 22.9 Å². The number of likely N-dealkylation sites (tertiary alicyclic amines) is 1. The summed E-state index contributed by atoms with van der Waals surface area (Å²) in [6, 6.07) is 7.13. The summed E-state index contributed by atoms with van der Waals surface area (Å²) in [6.07, 6.45) is 1.05. The smallest absolute Gasteiger partial charge is 0.253 e. The lowest BCUT2D eigenvalue weighted by Gasteiger charge is -2.31. The summed E-state index contributed by atoms with van der Waals surface area (Å²) in [5.74, 6) is -2.62. The average Bonchev–Trinajstić information content (AvgIpc) is 3.45. The zero-order chi connectivity index (χ0) is 21.1. The van der Waals surface area contributed by atoms with Crippen LogP contribution < -0.4 is 5.32 Å². The molecule has 1 aliphatic rings. The van der Waals surface area contributed by atoms with Crippen LogP contribution in [0.5, 0.6) is 0 Å². The van der Waals surface area contributed by atoms with Gasteiger partial charge in [-0.1, -0.05) is 6.07 Å². The summed E-state index contributed by atoms with van der Waals surface area (Å²) in [4.78, 5) is 32.2. The number of thiophene rings is 1. The lowest BCUT2D eigenvalue weighted by molar-refractivity contribution is -0.126. The number of halogens is 2. The van der Waals surface area contributed by atoms with Gasteiger partial charge in [0, 0.05) is 30.0 Å². The van der Waals surface area contributed by atoms with Crippen molar-refractivity contribution in [3.8, 4) is 9.88 Å². The minimum atomic E-state index is -1.04. The number of thiazole rings is 1. The maximum absolute atomic E-state index is 13.4. The minimum Gasteiger partial charge on any atom is -0.350 e. The molecule has 3 heterocycles. The molecule has 0 atom stereocenters. The number of carbonyl (C=O) groups excluding carboxylic acids is 2. The first-order valence-corrected chi connectivity index (χ1v) is 11.3. The van der Waals surface area contributed by atoms with Crippen LogP contribution in [0.1, 0.15) is 28.9 Å². The number of piperidine rings is 1. The third kappa shape index (κ3) is 4.57. The second-order valence-corrected chi connectivity index (χ2v) is 8.84. The van der Waals surface area contributed by atoms with Crippen molar-refractivity contribution < 1.29 is 18.4 Å². The van der Waals surface area contributed by atoms with Gasteiger partial charge < -0.3 is 10.2 Å². The van der Waals surface area contributed by atoms with Crippen molar-refractivity contribution in [3.63, 3.8) is 0 Å². The minimum absolute atomic E-state index is 0.0550. The third-order valence-electron chi connectivity index (χ3n) is 5.05. The Labute approximate surface area is 180 Å². The molecule has 1 fully saturated rings. The number of nitrogens with zero attached hydrogens (tertiary/aromatic N) is 2. The summed E-state index contributed by atoms with van der Waals surface area (Å²) in [5.41, 5.74) is 0.935. The number of carbonyl (C=O) groups is 2. The van der Waals surface area contributed by atoms with Crippen LogP contribution in [0.4, 0.5) is 8.78 Å². The molecule has 5 nitrogen and oxygen atoms in total. The van der Waals surface area contributed by atoms with Gasteiger partial charge in [0.05, 0.1) is 17.1 Å². The molecule has 0 saturated carbocycles. The molecule has 1 saturated heterocycles. The predicted molar refractivity (Wildman–Crippen MR) is 112 cm³/mol. The molecule has 0 aliphatic carbocycles. The van der Waals surface area contributed by atoms with Crippen LogP contribution in [-0.2, 0) is 11.3 Å². The van der Waals surface area contributed by atoms with E-state index >= 15 is 0 Å². The zero-order valence-corrected chi connectivity index (χ0v) is 17.6. The van der Waals surface area contributed by atoms with Crippen molar-refractivity contribution in [2.24, 2.45) is 5.92 Å². The maximum atomic E-state index is 13.4. The fourth-order valence-corrected chi connectivity index (χ4v) is 5.01. The SMILES string of the molecule is O=C(NCc1csc(-c2cccs2)n1)C1CCN(C(=O)c2ccc(F)c(F)c2)CC1. The molecule has 1 aromatic carbocycles. The van der Waals surface area contributed by atoms with Gasteiger partial charge in [0.1, 0.15) is 5.01 Å². The van der Waals surface area contributed by atoms with E-state index in [-0.39, 0.29) is 23.3 Å². The Balaban J connectivity index is 1.27. The van der Waals surface area contributed by atoms with E-state index in [4.69, 9.17) is 0 Å². The molecule has 9 heteroatoms. The normalized spacial score (nSPS) is 14.7. The van der Waals surface area contributed by atoms with E-state index in [1.54, 1.807) is 27.6 Å². The number of hydrogen-bond donors (Lipinski definition) is 1. The molecular formula is C21H19F2N3O2S2. The van der Waals surface area contributed by atoms with Crippen LogP contribution in [0.25, 0.3) is 9.88 Å². The van der Waals surface area contributed by atoms with Gasteiger partial charge in [0.25, 0.3) is 5.91 Å². The van der Waals surface area contributed by atoms with Crippen LogP contribution in [0, 0.1) is 17.6 Å². The highest BCUT2D eigenvalue weighted by Crippen LogP contribution is 2.28. The van der Waals surface area contributed by atoms with E-state index in [9.17, 15) is 18.4 Å². The highest BCUT2D eigenvalue weighted by molar-refractivity contribution is 7.20. The Bertz CT molecular complexity index is 1040. The largest absolute Gasteiger partial charge is 0.350 e. The van der Waals surface area contributed by atoms with Crippen LogP contribution in [0.3, 0.4) is 0 Å². The van der Waals surface area contributed by atoms with Gasteiger partial charge in [-0.3, -0.25) is 9.59 Å². The Kier molecular flexibility index (Phi) is 6.19.